The van der Waals surface area contributed by atoms with Crippen LogP contribution in [0.3, 0.4) is 0 Å². The second-order valence-electron chi connectivity index (χ2n) is 13.6. The van der Waals surface area contributed by atoms with Crippen LogP contribution in [0.5, 0.6) is 0 Å². The van der Waals surface area contributed by atoms with Gasteiger partial charge >= 0.3 is 0 Å². The number of carbonyl (C=O) groups excluding carboxylic acids is 3. The van der Waals surface area contributed by atoms with E-state index in [4.69, 9.17) is 28.0 Å². The normalized spacial score (nSPS) is 12.7. The molecule has 14 N–H and O–H groups in total. The van der Waals surface area contributed by atoms with E-state index in [1.54, 1.807) is 0 Å². The van der Waals surface area contributed by atoms with Crippen LogP contribution in [0.4, 0.5) is 0 Å². The molecule has 290 valence electrons. The largest absolute Gasteiger partial charge is 0.370 e. The molecule has 0 saturated carbocycles. The summed E-state index contributed by atoms with van der Waals surface area (Å²) >= 11 is 0. The summed E-state index contributed by atoms with van der Waals surface area (Å²) in [4.78, 5) is 45.1. The highest BCUT2D eigenvalue weighted by molar-refractivity contribution is 5.94. The summed E-state index contributed by atoms with van der Waals surface area (Å²) < 4.78 is 0. The number of nitrogens with two attached hydrogens (primary N) is 3. The smallest absolute Gasteiger partial charge is 0.243 e. The number of benzene rings is 2. The van der Waals surface area contributed by atoms with E-state index in [0.717, 1.165) is 66.2 Å². The molecule has 0 aliphatic carbocycles. The van der Waals surface area contributed by atoms with Gasteiger partial charge in [0.2, 0.25) is 17.7 Å². The number of H-pyrrole nitrogens is 1. The fourth-order valence-electron chi connectivity index (χ4n) is 6.30. The first-order valence-electron chi connectivity index (χ1n) is 19.0. The maximum Gasteiger partial charge on any atom is 0.243 e. The standard InChI is InChI=1S/C39H61N11O3/c1-3-5-15-27-16-10-17-28-29(31(19-6-4-2)48-34(27)28)25-33(50-35(51)30(40)18-11-22-46-38(41)42)37(53)49-32(20-12-23-47-39(43)44)36(52)45-24-21-26-13-8-7-9-14-26/h7-10,13-14,16-17,30,32-33,48H,3-6,11-12,15,18-25,40H2,1-2H3,(H,45,52)(H,49,53)(H,50,51)(H4,41,42,46)(H4,43,44,47). The zero-order chi connectivity index (χ0) is 38.6. The first-order valence-corrected chi connectivity index (χ1v) is 19.0. The lowest BCUT2D eigenvalue weighted by molar-refractivity contribution is -0.132. The molecule has 0 saturated heterocycles. The number of hydrogen-bond donors (Lipinski definition) is 11. The van der Waals surface area contributed by atoms with Crippen molar-refractivity contribution in [1.29, 1.82) is 10.8 Å². The molecular weight excluding hydrogens is 671 g/mol. The molecule has 14 heteroatoms. The molecular formula is C39H61N11O3. The van der Waals surface area contributed by atoms with Crippen molar-refractivity contribution >= 4 is 40.5 Å². The van der Waals surface area contributed by atoms with Crippen molar-refractivity contribution in [3.8, 4) is 0 Å². The Morgan fingerprint density at radius 3 is 2.00 bits per heavy atom. The molecule has 0 spiro atoms. The predicted molar refractivity (Wildman–Crippen MR) is 213 cm³/mol. The molecule has 53 heavy (non-hydrogen) atoms. The van der Waals surface area contributed by atoms with E-state index >= 15 is 0 Å². The molecule has 3 unspecified atom stereocenters. The third-order valence-corrected chi connectivity index (χ3v) is 9.26. The molecule has 0 bridgehead atoms. The molecule has 1 aromatic heterocycles. The Morgan fingerprint density at radius 2 is 1.34 bits per heavy atom. The van der Waals surface area contributed by atoms with Gasteiger partial charge in [-0.2, -0.15) is 0 Å². The number of unbranched alkanes of at least 4 members (excludes halogenated alkanes) is 2. The minimum atomic E-state index is -1.03. The van der Waals surface area contributed by atoms with Crippen molar-refractivity contribution in [2.45, 2.75) is 109 Å². The first kappa shape index (κ1) is 42.3. The Morgan fingerprint density at radius 1 is 0.698 bits per heavy atom. The Labute approximate surface area is 313 Å². The average molecular weight is 732 g/mol. The molecule has 2 aromatic carbocycles. The zero-order valence-corrected chi connectivity index (χ0v) is 31.4. The van der Waals surface area contributed by atoms with Gasteiger partial charge in [-0.15, -0.1) is 0 Å². The van der Waals surface area contributed by atoms with Gasteiger partial charge in [-0.1, -0.05) is 75.2 Å². The Kier molecular flexibility index (Phi) is 18.2. The first-order chi connectivity index (χ1) is 25.5. The maximum absolute atomic E-state index is 14.3. The lowest BCUT2D eigenvalue weighted by Crippen LogP contribution is -2.56. The number of rotatable bonds is 24. The van der Waals surface area contributed by atoms with Crippen LogP contribution in [0.25, 0.3) is 10.9 Å². The number of amides is 3. The number of aromatic nitrogens is 1. The van der Waals surface area contributed by atoms with E-state index in [1.807, 2.05) is 36.4 Å². The molecule has 0 fully saturated rings. The van der Waals surface area contributed by atoms with Gasteiger partial charge in [0.1, 0.15) is 12.1 Å². The number of fused-ring (bicyclic) bond motifs is 1. The zero-order valence-electron chi connectivity index (χ0n) is 31.4. The fraction of sp³-hybridized carbons (Fsp3) is 0.513. The van der Waals surface area contributed by atoms with Gasteiger partial charge in [-0.25, -0.2) is 0 Å². The third-order valence-electron chi connectivity index (χ3n) is 9.26. The Bertz CT molecular complexity index is 1630. The number of aromatic amines is 1. The number of aryl methyl sites for hydroxylation is 2. The van der Waals surface area contributed by atoms with E-state index in [0.29, 0.717) is 45.3 Å². The van der Waals surface area contributed by atoms with Crippen LogP contribution in [-0.4, -0.2) is 72.4 Å². The highest BCUT2D eigenvalue weighted by atomic mass is 16.2. The number of guanidine groups is 2. The summed E-state index contributed by atoms with van der Waals surface area (Å²) in [5.74, 6) is -1.66. The topological polar surface area (TPSA) is 253 Å². The second-order valence-corrected chi connectivity index (χ2v) is 13.6. The molecule has 0 aliphatic heterocycles. The minimum Gasteiger partial charge on any atom is -0.370 e. The van der Waals surface area contributed by atoms with Crippen molar-refractivity contribution in [1.82, 2.24) is 31.6 Å². The fourth-order valence-corrected chi connectivity index (χ4v) is 6.30. The summed E-state index contributed by atoms with van der Waals surface area (Å²) in [6.45, 7) is 5.42. The van der Waals surface area contributed by atoms with Crippen molar-refractivity contribution in [2.24, 2.45) is 17.2 Å². The molecule has 1 heterocycles. The van der Waals surface area contributed by atoms with Gasteiger partial charge in [0.15, 0.2) is 11.9 Å². The molecule has 0 radical (unpaired) electrons. The highest BCUT2D eigenvalue weighted by Gasteiger charge is 2.30. The van der Waals surface area contributed by atoms with Gasteiger partial charge < -0.3 is 48.8 Å². The molecule has 0 aliphatic rings. The molecule has 3 atom stereocenters. The Balaban J connectivity index is 1.91. The third kappa shape index (κ3) is 14.4. The lowest BCUT2D eigenvalue weighted by atomic mass is 9.97. The summed E-state index contributed by atoms with van der Waals surface area (Å²) in [7, 11) is 0. The van der Waals surface area contributed by atoms with E-state index < -0.39 is 29.9 Å². The van der Waals surface area contributed by atoms with Crippen molar-refractivity contribution < 1.29 is 14.4 Å². The van der Waals surface area contributed by atoms with Crippen LogP contribution >= 0.6 is 0 Å². The van der Waals surface area contributed by atoms with E-state index in [-0.39, 0.29) is 30.7 Å². The monoisotopic (exact) mass is 731 g/mol. The lowest BCUT2D eigenvalue weighted by Gasteiger charge is -2.25. The maximum atomic E-state index is 14.3. The Hall–Kier alpha value is -5.11. The van der Waals surface area contributed by atoms with Gasteiger partial charge in [-0.3, -0.25) is 25.2 Å². The number of para-hydroxylation sites is 1. The van der Waals surface area contributed by atoms with Gasteiger partial charge in [0, 0.05) is 42.7 Å². The van der Waals surface area contributed by atoms with Crippen molar-refractivity contribution in [3.05, 3.63) is 70.9 Å². The quantitative estimate of drug-likeness (QED) is 0.0370. The molecule has 3 aromatic rings. The number of nitrogens with one attached hydrogen (secondary N) is 8. The van der Waals surface area contributed by atoms with Crippen molar-refractivity contribution in [3.63, 3.8) is 0 Å². The van der Waals surface area contributed by atoms with Crippen LogP contribution in [-0.2, 0) is 40.1 Å². The summed E-state index contributed by atoms with van der Waals surface area (Å²) in [6.07, 6.45) is 8.13. The average Bonchev–Trinajstić information content (AvgIpc) is 3.49. The summed E-state index contributed by atoms with van der Waals surface area (Å²) in [5, 5.41) is 30.2. The molecule has 14 nitrogen and oxygen atoms in total. The van der Waals surface area contributed by atoms with Crippen LogP contribution < -0.4 is 43.8 Å². The van der Waals surface area contributed by atoms with Crippen LogP contribution in [0.1, 0.15) is 87.6 Å². The van der Waals surface area contributed by atoms with Gasteiger partial charge in [0.25, 0.3) is 0 Å². The van der Waals surface area contributed by atoms with Gasteiger partial charge in [-0.05, 0) is 74.5 Å². The van der Waals surface area contributed by atoms with Gasteiger partial charge in [0.05, 0.1) is 6.04 Å². The molecule has 3 amide bonds. The van der Waals surface area contributed by atoms with Crippen LogP contribution in [0, 0.1) is 10.8 Å². The van der Waals surface area contributed by atoms with Crippen LogP contribution in [0.15, 0.2) is 48.5 Å². The second kappa shape index (κ2) is 22.7. The molecule has 3 rings (SSSR count). The minimum absolute atomic E-state index is 0.161. The highest BCUT2D eigenvalue weighted by Crippen LogP contribution is 2.29. The van der Waals surface area contributed by atoms with E-state index in [9.17, 15) is 14.4 Å². The number of hydrogen-bond acceptors (Lipinski definition) is 6. The van der Waals surface area contributed by atoms with Crippen LogP contribution in [0.2, 0.25) is 0 Å². The predicted octanol–water partition coefficient (Wildman–Crippen LogP) is 2.58. The summed E-state index contributed by atoms with van der Waals surface area (Å²) in [5.41, 5.74) is 22.5. The van der Waals surface area contributed by atoms with E-state index in [1.165, 1.54) is 5.56 Å². The summed E-state index contributed by atoms with van der Waals surface area (Å²) in [6, 6.07) is 13.2. The van der Waals surface area contributed by atoms with Crippen molar-refractivity contribution in [2.75, 3.05) is 19.6 Å². The SMILES string of the molecule is CCCCc1[nH]c2c(CCCC)cccc2c1CC(NC(=O)C(N)CCCNC(=N)N)C(=O)NC(CCCNC(=N)N)C(=O)NCCc1ccccc1. The number of carbonyl (C=O) groups is 3. The van der Waals surface area contributed by atoms with E-state index in [2.05, 4.69) is 57.5 Å².